The van der Waals surface area contributed by atoms with Gasteiger partial charge in [0.15, 0.2) is 0 Å². The summed E-state index contributed by atoms with van der Waals surface area (Å²) in [5.74, 6) is -2.05. The summed E-state index contributed by atoms with van der Waals surface area (Å²) in [5, 5.41) is 13.8. The summed E-state index contributed by atoms with van der Waals surface area (Å²) in [7, 11) is 1.77. The molecule has 1 aromatic carbocycles. The number of morpholine rings is 1. The average molecular weight is 424 g/mol. The highest BCUT2D eigenvalue weighted by molar-refractivity contribution is 5.95. The first-order chi connectivity index (χ1) is 15.0. The van der Waals surface area contributed by atoms with E-state index in [0.717, 1.165) is 11.3 Å². The first-order valence-corrected chi connectivity index (χ1v) is 10.2. The van der Waals surface area contributed by atoms with E-state index in [9.17, 15) is 9.18 Å². The van der Waals surface area contributed by atoms with Gasteiger partial charge in [0, 0.05) is 44.2 Å². The lowest BCUT2D eigenvalue weighted by atomic mass is 10.1. The maximum absolute atomic E-state index is 14.6. The van der Waals surface area contributed by atoms with Crippen molar-refractivity contribution in [2.45, 2.75) is 18.7 Å². The first-order valence-electron chi connectivity index (χ1n) is 10.2. The summed E-state index contributed by atoms with van der Waals surface area (Å²) >= 11 is 0. The van der Waals surface area contributed by atoms with Crippen LogP contribution in [-0.2, 0) is 18.2 Å². The Morgan fingerprint density at radius 3 is 2.84 bits per heavy atom. The molecule has 3 aromatic rings. The van der Waals surface area contributed by atoms with E-state index in [2.05, 4.69) is 25.9 Å². The molecule has 0 spiro atoms. The minimum absolute atomic E-state index is 0.0741. The SMILES string of the molecule is Cn1cc(-c2cc(C(=O)NCC[C@@]3(F)CNCCO3)cc(Cc3ccccc3)n2)nn1. The highest BCUT2D eigenvalue weighted by Crippen LogP contribution is 2.20. The molecule has 9 heteroatoms. The number of ether oxygens (including phenoxy) is 1. The number of amides is 1. The molecule has 2 aromatic heterocycles. The maximum Gasteiger partial charge on any atom is 0.251 e. The number of nitrogens with one attached hydrogen (secondary N) is 2. The largest absolute Gasteiger partial charge is 0.352 e. The van der Waals surface area contributed by atoms with Crippen molar-refractivity contribution in [3.8, 4) is 11.4 Å². The van der Waals surface area contributed by atoms with Gasteiger partial charge in [-0.25, -0.2) is 4.39 Å². The normalized spacial score (nSPS) is 18.6. The van der Waals surface area contributed by atoms with Crippen molar-refractivity contribution in [3.63, 3.8) is 0 Å². The van der Waals surface area contributed by atoms with E-state index < -0.39 is 5.85 Å². The number of pyridine rings is 1. The van der Waals surface area contributed by atoms with Gasteiger partial charge >= 0.3 is 0 Å². The molecule has 0 bridgehead atoms. The van der Waals surface area contributed by atoms with Crippen molar-refractivity contribution >= 4 is 5.91 Å². The Morgan fingerprint density at radius 1 is 1.29 bits per heavy atom. The van der Waals surface area contributed by atoms with Crippen LogP contribution in [0.3, 0.4) is 0 Å². The second kappa shape index (κ2) is 9.32. The molecule has 8 nitrogen and oxygen atoms in total. The maximum atomic E-state index is 14.6. The van der Waals surface area contributed by atoms with Gasteiger partial charge in [0.2, 0.25) is 5.85 Å². The van der Waals surface area contributed by atoms with E-state index >= 15 is 0 Å². The van der Waals surface area contributed by atoms with E-state index in [4.69, 9.17) is 4.74 Å². The summed E-state index contributed by atoms with van der Waals surface area (Å²) in [6.07, 6.45) is 2.39. The number of rotatable bonds is 7. The highest BCUT2D eigenvalue weighted by atomic mass is 19.2. The smallest absolute Gasteiger partial charge is 0.251 e. The lowest BCUT2D eigenvalue weighted by Crippen LogP contribution is -2.48. The second-order valence-electron chi connectivity index (χ2n) is 7.59. The lowest BCUT2D eigenvalue weighted by molar-refractivity contribution is -0.161. The molecule has 0 radical (unpaired) electrons. The number of alkyl halides is 1. The van der Waals surface area contributed by atoms with Crippen LogP contribution in [0.15, 0.2) is 48.7 Å². The number of halogens is 1. The van der Waals surface area contributed by atoms with Crippen molar-refractivity contribution in [1.82, 2.24) is 30.6 Å². The Kier molecular flexibility index (Phi) is 6.34. The van der Waals surface area contributed by atoms with Crippen molar-refractivity contribution in [3.05, 3.63) is 65.5 Å². The minimum atomic E-state index is -1.76. The first kappa shape index (κ1) is 21.1. The summed E-state index contributed by atoms with van der Waals surface area (Å²) in [4.78, 5) is 17.5. The molecule has 0 unspecified atom stereocenters. The third-order valence-electron chi connectivity index (χ3n) is 5.05. The molecular weight excluding hydrogens is 399 g/mol. The molecule has 31 heavy (non-hydrogen) atoms. The van der Waals surface area contributed by atoms with E-state index in [-0.39, 0.29) is 25.4 Å². The summed E-state index contributed by atoms with van der Waals surface area (Å²) in [6.45, 7) is 1.23. The van der Waals surface area contributed by atoms with Crippen molar-refractivity contribution < 1.29 is 13.9 Å². The third kappa shape index (κ3) is 5.50. The molecule has 3 heterocycles. The van der Waals surface area contributed by atoms with Gasteiger partial charge in [0.05, 0.1) is 25.0 Å². The number of hydrogen-bond donors (Lipinski definition) is 2. The van der Waals surface area contributed by atoms with Gasteiger partial charge in [-0.15, -0.1) is 5.10 Å². The highest BCUT2D eigenvalue weighted by Gasteiger charge is 2.32. The van der Waals surface area contributed by atoms with E-state index in [1.807, 2.05) is 30.3 Å². The fraction of sp³-hybridized carbons (Fsp3) is 0.364. The number of aromatic nitrogens is 4. The van der Waals surface area contributed by atoms with Gasteiger partial charge in [-0.2, -0.15) is 0 Å². The Morgan fingerprint density at radius 2 is 2.13 bits per heavy atom. The van der Waals surface area contributed by atoms with Crippen LogP contribution in [0.2, 0.25) is 0 Å². The third-order valence-corrected chi connectivity index (χ3v) is 5.05. The number of carbonyl (C=O) groups excluding carboxylic acids is 1. The molecule has 1 atom stereocenters. The number of carbonyl (C=O) groups is 1. The van der Waals surface area contributed by atoms with Gasteiger partial charge in [-0.05, 0) is 17.7 Å². The Hall–Kier alpha value is -3.17. The van der Waals surface area contributed by atoms with Crippen LogP contribution in [0.1, 0.15) is 28.0 Å². The van der Waals surface area contributed by atoms with Crippen LogP contribution >= 0.6 is 0 Å². The monoisotopic (exact) mass is 424 g/mol. The molecule has 1 aliphatic rings. The quantitative estimate of drug-likeness (QED) is 0.602. The summed E-state index contributed by atoms with van der Waals surface area (Å²) < 4.78 is 21.3. The average Bonchev–Trinajstić information content (AvgIpc) is 3.21. The van der Waals surface area contributed by atoms with Crippen molar-refractivity contribution in [1.29, 1.82) is 0 Å². The van der Waals surface area contributed by atoms with E-state index in [0.29, 0.717) is 36.5 Å². The summed E-state index contributed by atoms with van der Waals surface area (Å²) in [5.41, 5.74) is 3.40. The number of hydrogen-bond acceptors (Lipinski definition) is 6. The Labute approximate surface area is 179 Å². The van der Waals surface area contributed by atoms with Crippen LogP contribution in [0.5, 0.6) is 0 Å². The van der Waals surface area contributed by atoms with Crippen LogP contribution in [0, 0.1) is 0 Å². The van der Waals surface area contributed by atoms with Crippen LogP contribution < -0.4 is 10.6 Å². The Balaban J connectivity index is 1.52. The van der Waals surface area contributed by atoms with Gasteiger partial charge in [-0.1, -0.05) is 35.5 Å². The van der Waals surface area contributed by atoms with E-state index in [1.165, 1.54) is 0 Å². The number of aryl methyl sites for hydroxylation is 1. The predicted molar refractivity (Wildman–Crippen MR) is 113 cm³/mol. The topological polar surface area (TPSA) is 94.0 Å². The molecular formula is C22H25FN6O2. The molecule has 4 rings (SSSR count). The van der Waals surface area contributed by atoms with Crippen LogP contribution in [0.25, 0.3) is 11.4 Å². The molecule has 2 N–H and O–H groups in total. The van der Waals surface area contributed by atoms with Gasteiger partial charge in [0.25, 0.3) is 5.91 Å². The molecule has 0 saturated carbocycles. The van der Waals surface area contributed by atoms with Gasteiger partial charge in [0.1, 0.15) is 5.69 Å². The van der Waals surface area contributed by atoms with Crippen LogP contribution in [-0.4, -0.2) is 58.0 Å². The molecule has 0 aliphatic carbocycles. The standard InChI is InChI=1S/C22H25FN6O2/c1-29-14-20(27-28-29)19-13-17(12-18(26-19)11-16-5-3-2-4-6-16)21(30)25-8-7-22(23)15-24-9-10-31-22/h2-6,12-14,24H,7-11,15H2,1H3,(H,25,30)/t22-/m0/s1. The molecule has 1 amide bonds. The zero-order valence-electron chi connectivity index (χ0n) is 17.3. The van der Waals surface area contributed by atoms with Crippen molar-refractivity contribution in [2.75, 3.05) is 26.2 Å². The zero-order valence-corrected chi connectivity index (χ0v) is 17.3. The molecule has 1 saturated heterocycles. The number of benzene rings is 1. The van der Waals surface area contributed by atoms with Crippen molar-refractivity contribution in [2.24, 2.45) is 7.05 Å². The van der Waals surface area contributed by atoms with Crippen LogP contribution in [0.4, 0.5) is 4.39 Å². The Bertz CT molecular complexity index is 1030. The van der Waals surface area contributed by atoms with Gasteiger partial charge in [-0.3, -0.25) is 14.5 Å². The van der Waals surface area contributed by atoms with Gasteiger partial charge < -0.3 is 15.4 Å². The predicted octanol–water partition coefficient (Wildman–Crippen LogP) is 1.87. The molecule has 1 fully saturated rings. The minimum Gasteiger partial charge on any atom is -0.352 e. The molecule has 162 valence electrons. The second-order valence-corrected chi connectivity index (χ2v) is 7.59. The lowest BCUT2D eigenvalue weighted by Gasteiger charge is -2.30. The van der Waals surface area contributed by atoms with E-state index in [1.54, 1.807) is 30.1 Å². The molecule has 1 aliphatic heterocycles. The zero-order chi connectivity index (χ0) is 21.7. The summed E-state index contributed by atoms with van der Waals surface area (Å²) in [6, 6.07) is 13.3. The number of nitrogens with zero attached hydrogens (tertiary/aromatic N) is 4. The fourth-order valence-corrected chi connectivity index (χ4v) is 3.47. The fourth-order valence-electron chi connectivity index (χ4n) is 3.47.